The first-order valence-electron chi connectivity index (χ1n) is 9.37. The largest absolute Gasteiger partial charge is 0.350 e. The molecule has 0 bridgehead atoms. The van der Waals surface area contributed by atoms with Gasteiger partial charge in [0.2, 0.25) is 5.95 Å². The first-order valence-corrected chi connectivity index (χ1v) is 9.75. The number of rotatable bonds is 5. The van der Waals surface area contributed by atoms with Crippen molar-refractivity contribution in [1.82, 2.24) is 24.5 Å². The molecule has 4 rings (SSSR count). The Balaban J connectivity index is 1.50. The van der Waals surface area contributed by atoms with Crippen LogP contribution < -0.4 is 10.9 Å². The van der Waals surface area contributed by atoms with Crippen LogP contribution in [0, 0.1) is 0 Å². The molecule has 8 heteroatoms. The van der Waals surface area contributed by atoms with Gasteiger partial charge in [0.1, 0.15) is 0 Å². The molecular formula is C19H23ClN6O. The quantitative estimate of drug-likeness (QED) is 0.704. The number of benzene rings is 1. The summed E-state index contributed by atoms with van der Waals surface area (Å²) in [5, 5.41) is 6.81. The zero-order chi connectivity index (χ0) is 18.6. The molecule has 0 amide bonds. The molecular weight excluding hydrogens is 364 g/mol. The first kappa shape index (κ1) is 18.0. The van der Waals surface area contributed by atoms with E-state index in [1.54, 1.807) is 6.07 Å². The maximum Gasteiger partial charge on any atom is 0.274 e. The monoisotopic (exact) mass is 386 g/mol. The second-order valence-electron chi connectivity index (χ2n) is 6.93. The molecule has 0 aliphatic carbocycles. The molecule has 142 valence electrons. The number of fused-ring (bicyclic) bond motifs is 1. The Hall–Kier alpha value is -2.38. The molecule has 1 aromatic carbocycles. The van der Waals surface area contributed by atoms with Crippen molar-refractivity contribution >= 4 is 23.3 Å². The maximum atomic E-state index is 12.4. The van der Waals surface area contributed by atoms with E-state index < -0.39 is 0 Å². The highest BCUT2D eigenvalue weighted by molar-refractivity contribution is 6.31. The molecule has 0 radical (unpaired) electrons. The number of hydrogen-bond donors (Lipinski definition) is 2. The van der Waals surface area contributed by atoms with Crippen LogP contribution in [0.25, 0.3) is 5.78 Å². The van der Waals surface area contributed by atoms with Gasteiger partial charge in [0.15, 0.2) is 0 Å². The summed E-state index contributed by atoms with van der Waals surface area (Å²) in [6, 6.07) is 9.21. The molecule has 1 fully saturated rings. The van der Waals surface area contributed by atoms with Gasteiger partial charge in [0.05, 0.1) is 5.69 Å². The lowest BCUT2D eigenvalue weighted by atomic mass is 10.2. The molecule has 0 spiro atoms. The third-order valence-electron chi connectivity index (χ3n) is 4.87. The minimum Gasteiger partial charge on any atom is -0.350 e. The van der Waals surface area contributed by atoms with Gasteiger partial charge in [-0.3, -0.25) is 14.8 Å². The summed E-state index contributed by atoms with van der Waals surface area (Å²) in [7, 11) is 0. The smallest absolute Gasteiger partial charge is 0.274 e. The van der Waals surface area contributed by atoms with Crippen LogP contribution in [0.4, 0.5) is 5.95 Å². The fraction of sp³-hybridized carbons (Fsp3) is 0.421. The molecule has 1 saturated heterocycles. The van der Waals surface area contributed by atoms with Gasteiger partial charge in [0, 0.05) is 24.2 Å². The lowest BCUT2D eigenvalue weighted by Gasteiger charge is -2.18. The molecule has 3 aromatic rings. The Kier molecular flexibility index (Phi) is 5.40. The average Bonchev–Trinajstić information content (AvgIpc) is 2.90. The van der Waals surface area contributed by atoms with Crippen LogP contribution in [0.2, 0.25) is 5.02 Å². The van der Waals surface area contributed by atoms with E-state index in [2.05, 4.69) is 25.3 Å². The normalized spacial score (nSPS) is 15.7. The second kappa shape index (κ2) is 8.10. The molecule has 0 saturated carbocycles. The van der Waals surface area contributed by atoms with Crippen LogP contribution >= 0.6 is 11.6 Å². The summed E-state index contributed by atoms with van der Waals surface area (Å²) in [4.78, 5) is 23.8. The molecule has 27 heavy (non-hydrogen) atoms. The highest BCUT2D eigenvalue weighted by Gasteiger charge is 2.13. The van der Waals surface area contributed by atoms with E-state index in [0.717, 1.165) is 24.3 Å². The van der Waals surface area contributed by atoms with E-state index in [9.17, 15) is 4.79 Å². The SMILES string of the molecule is O=c1cc(CN2CCCCCC2)nc2nc(NCc3ccccc3Cl)[nH]n12. The van der Waals surface area contributed by atoms with Gasteiger partial charge in [-0.05, 0) is 37.6 Å². The minimum absolute atomic E-state index is 0.150. The highest BCUT2D eigenvalue weighted by atomic mass is 35.5. The van der Waals surface area contributed by atoms with Gasteiger partial charge in [0.25, 0.3) is 11.3 Å². The zero-order valence-corrected chi connectivity index (χ0v) is 15.9. The lowest BCUT2D eigenvalue weighted by Crippen LogP contribution is -2.26. The zero-order valence-electron chi connectivity index (χ0n) is 15.1. The molecule has 1 aliphatic heterocycles. The van der Waals surface area contributed by atoms with Gasteiger partial charge >= 0.3 is 0 Å². The van der Waals surface area contributed by atoms with Crippen LogP contribution in [0.5, 0.6) is 0 Å². The third kappa shape index (κ3) is 4.31. The molecule has 0 atom stereocenters. The van der Waals surface area contributed by atoms with E-state index in [-0.39, 0.29) is 5.56 Å². The first-order chi connectivity index (χ1) is 13.2. The van der Waals surface area contributed by atoms with Crippen LogP contribution in [0.3, 0.4) is 0 Å². The Morgan fingerprint density at radius 3 is 2.67 bits per heavy atom. The van der Waals surface area contributed by atoms with Gasteiger partial charge in [-0.2, -0.15) is 9.50 Å². The Morgan fingerprint density at radius 2 is 1.89 bits per heavy atom. The number of nitrogens with zero attached hydrogens (tertiary/aromatic N) is 4. The number of halogens is 1. The number of aromatic amines is 1. The van der Waals surface area contributed by atoms with Crippen LogP contribution in [0.1, 0.15) is 36.9 Å². The van der Waals surface area contributed by atoms with Crippen LogP contribution in [-0.2, 0) is 13.1 Å². The molecule has 1 aliphatic rings. The Morgan fingerprint density at radius 1 is 1.11 bits per heavy atom. The van der Waals surface area contributed by atoms with E-state index >= 15 is 0 Å². The van der Waals surface area contributed by atoms with E-state index in [1.807, 2.05) is 24.3 Å². The van der Waals surface area contributed by atoms with Crippen molar-refractivity contribution in [2.45, 2.75) is 38.8 Å². The molecule has 3 heterocycles. The van der Waals surface area contributed by atoms with Crippen molar-refractivity contribution in [1.29, 1.82) is 0 Å². The third-order valence-corrected chi connectivity index (χ3v) is 5.24. The molecule has 2 aromatic heterocycles. The number of likely N-dealkylation sites (tertiary alicyclic amines) is 1. The lowest BCUT2D eigenvalue weighted by molar-refractivity contribution is 0.273. The molecule has 2 N–H and O–H groups in total. The topological polar surface area (TPSA) is 78.3 Å². The second-order valence-corrected chi connectivity index (χ2v) is 7.34. The van der Waals surface area contributed by atoms with Crippen molar-refractivity contribution in [2.24, 2.45) is 0 Å². The summed E-state index contributed by atoms with van der Waals surface area (Å²) in [5.74, 6) is 0.875. The van der Waals surface area contributed by atoms with Crippen molar-refractivity contribution < 1.29 is 0 Å². The summed E-state index contributed by atoms with van der Waals surface area (Å²) in [6.45, 7) is 3.33. The van der Waals surface area contributed by atoms with Crippen molar-refractivity contribution in [2.75, 3.05) is 18.4 Å². The molecule has 7 nitrogen and oxygen atoms in total. The predicted molar refractivity (Wildman–Crippen MR) is 106 cm³/mol. The summed E-state index contributed by atoms with van der Waals surface area (Å²) >= 11 is 6.18. The van der Waals surface area contributed by atoms with Crippen LogP contribution in [0.15, 0.2) is 35.1 Å². The standard InChI is InChI=1S/C19H23ClN6O/c20-16-8-4-3-7-14(16)12-21-18-23-19-22-15(11-17(27)26(19)24-18)13-25-9-5-1-2-6-10-25/h3-4,7-8,11H,1-2,5-6,9-10,12-13H2,(H2,21,22,23,24). The van der Waals surface area contributed by atoms with Gasteiger partial charge in [-0.15, -0.1) is 0 Å². The number of H-pyrrole nitrogens is 1. The minimum atomic E-state index is -0.150. The van der Waals surface area contributed by atoms with Gasteiger partial charge in [-0.25, -0.2) is 4.98 Å². The average molecular weight is 387 g/mol. The highest BCUT2D eigenvalue weighted by Crippen LogP contribution is 2.16. The van der Waals surface area contributed by atoms with Gasteiger partial charge in [-0.1, -0.05) is 42.6 Å². The number of aromatic nitrogens is 4. The number of hydrogen-bond acceptors (Lipinski definition) is 5. The summed E-state index contributed by atoms with van der Waals surface area (Å²) < 4.78 is 1.36. The van der Waals surface area contributed by atoms with Crippen molar-refractivity contribution in [3.8, 4) is 0 Å². The van der Waals surface area contributed by atoms with Crippen molar-refractivity contribution in [3.05, 3.63) is 57.0 Å². The fourth-order valence-corrected chi connectivity index (χ4v) is 3.63. The molecule has 0 unspecified atom stereocenters. The van der Waals surface area contributed by atoms with Gasteiger partial charge < -0.3 is 5.32 Å². The van der Waals surface area contributed by atoms with E-state index in [1.165, 1.54) is 30.2 Å². The number of anilines is 1. The Labute approximate surface area is 162 Å². The van der Waals surface area contributed by atoms with Crippen LogP contribution in [-0.4, -0.2) is 37.6 Å². The van der Waals surface area contributed by atoms with E-state index in [0.29, 0.717) is 29.8 Å². The summed E-state index contributed by atoms with van der Waals surface area (Å²) in [6.07, 6.45) is 4.98. The summed E-state index contributed by atoms with van der Waals surface area (Å²) in [5.41, 5.74) is 1.58. The predicted octanol–water partition coefficient (Wildman–Crippen LogP) is 3.06. The fourth-order valence-electron chi connectivity index (χ4n) is 3.43. The van der Waals surface area contributed by atoms with E-state index in [4.69, 9.17) is 11.6 Å². The maximum absolute atomic E-state index is 12.4. The Bertz CT molecular complexity index is 974. The number of nitrogens with one attached hydrogen (secondary N) is 2. The van der Waals surface area contributed by atoms with Crippen molar-refractivity contribution in [3.63, 3.8) is 0 Å².